The smallest absolute Gasteiger partial charge is 0.260 e. The normalized spacial score (nSPS) is 21.7. The third kappa shape index (κ3) is 5.28. The molecule has 0 radical (unpaired) electrons. The first-order valence-electron chi connectivity index (χ1n) is 10.2. The van der Waals surface area contributed by atoms with E-state index < -0.39 is 0 Å². The Hall–Kier alpha value is -2.57. The molecule has 0 aromatic heterocycles. The Morgan fingerprint density at radius 2 is 1.72 bits per heavy atom. The van der Waals surface area contributed by atoms with Crippen molar-refractivity contribution in [3.63, 3.8) is 0 Å². The van der Waals surface area contributed by atoms with Crippen molar-refractivity contribution >= 4 is 5.91 Å². The molecule has 1 heterocycles. The molecule has 1 amide bonds. The SMILES string of the molecule is O=C(COc1ccccc1O)N1CCN(COC[C@@H]2C[C@H]2c2ccccc2)CC1. The van der Waals surface area contributed by atoms with E-state index in [0.29, 0.717) is 37.4 Å². The van der Waals surface area contributed by atoms with Crippen LogP contribution in [0.1, 0.15) is 17.9 Å². The van der Waals surface area contributed by atoms with Gasteiger partial charge in [-0.1, -0.05) is 42.5 Å². The van der Waals surface area contributed by atoms with E-state index in [4.69, 9.17) is 9.47 Å². The van der Waals surface area contributed by atoms with Crippen LogP contribution in [-0.2, 0) is 9.53 Å². The Labute approximate surface area is 171 Å². The van der Waals surface area contributed by atoms with E-state index in [-0.39, 0.29) is 18.3 Å². The van der Waals surface area contributed by atoms with Gasteiger partial charge in [-0.15, -0.1) is 0 Å². The quantitative estimate of drug-likeness (QED) is 0.743. The molecule has 2 aromatic rings. The largest absolute Gasteiger partial charge is 0.504 e. The molecule has 0 spiro atoms. The predicted octanol–water partition coefficient (Wildman–Crippen LogP) is 2.69. The van der Waals surface area contributed by atoms with Crippen LogP contribution in [0.3, 0.4) is 0 Å². The van der Waals surface area contributed by atoms with Crippen molar-refractivity contribution in [3.8, 4) is 11.5 Å². The topological polar surface area (TPSA) is 62.2 Å². The van der Waals surface area contributed by atoms with Crippen molar-refractivity contribution in [2.24, 2.45) is 5.92 Å². The maximum Gasteiger partial charge on any atom is 0.260 e. The molecule has 0 unspecified atom stereocenters. The second kappa shape index (κ2) is 9.29. The molecule has 1 saturated carbocycles. The lowest BCUT2D eigenvalue weighted by Gasteiger charge is -2.34. The van der Waals surface area contributed by atoms with E-state index in [1.165, 1.54) is 12.0 Å². The number of para-hydroxylation sites is 2. The number of aromatic hydroxyl groups is 1. The summed E-state index contributed by atoms with van der Waals surface area (Å²) >= 11 is 0. The number of hydrogen-bond acceptors (Lipinski definition) is 5. The average molecular weight is 396 g/mol. The summed E-state index contributed by atoms with van der Waals surface area (Å²) in [7, 11) is 0. The molecule has 1 saturated heterocycles. The van der Waals surface area contributed by atoms with Crippen molar-refractivity contribution in [3.05, 3.63) is 60.2 Å². The highest BCUT2D eigenvalue weighted by Gasteiger charge is 2.38. The minimum Gasteiger partial charge on any atom is -0.504 e. The summed E-state index contributed by atoms with van der Waals surface area (Å²) in [6.07, 6.45) is 1.21. The van der Waals surface area contributed by atoms with Crippen LogP contribution >= 0.6 is 0 Å². The highest BCUT2D eigenvalue weighted by atomic mass is 16.5. The fraction of sp³-hybridized carbons (Fsp3) is 0.435. The van der Waals surface area contributed by atoms with Crippen molar-refractivity contribution in [1.29, 1.82) is 0 Å². The van der Waals surface area contributed by atoms with Gasteiger partial charge in [-0.3, -0.25) is 9.69 Å². The van der Waals surface area contributed by atoms with Gasteiger partial charge in [0.1, 0.15) is 0 Å². The Kier molecular flexibility index (Phi) is 6.32. The average Bonchev–Trinajstić information content (AvgIpc) is 3.54. The summed E-state index contributed by atoms with van der Waals surface area (Å²) in [6.45, 7) is 4.30. The second-order valence-corrected chi connectivity index (χ2v) is 7.77. The Bertz CT molecular complexity index is 806. The number of carbonyl (C=O) groups excluding carboxylic acids is 1. The summed E-state index contributed by atoms with van der Waals surface area (Å²) in [5, 5.41) is 9.70. The lowest BCUT2D eigenvalue weighted by Crippen LogP contribution is -2.50. The third-order valence-corrected chi connectivity index (χ3v) is 5.70. The molecule has 2 atom stereocenters. The van der Waals surface area contributed by atoms with E-state index >= 15 is 0 Å². The minimum atomic E-state index is -0.0589. The number of amides is 1. The van der Waals surface area contributed by atoms with Gasteiger partial charge in [-0.25, -0.2) is 0 Å². The van der Waals surface area contributed by atoms with E-state index in [1.54, 1.807) is 24.3 Å². The van der Waals surface area contributed by atoms with Crippen LogP contribution in [0, 0.1) is 5.92 Å². The van der Waals surface area contributed by atoms with Gasteiger partial charge in [0.15, 0.2) is 18.1 Å². The first kappa shape index (κ1) is 19.7. The molecule has 1 aliphatic carbocycles. The van der Waals surface area contributed by atoms with Crippen molar-refractivity contribution < 1.29 is 19.4 Å². The molecule has 6 heteroatoms. The van der Waals surface area contributed by atoms with Gasteiger partial charge in [-0.05, 0) is 36.0 Å². The number of rotatable bonds is 8. The summed E-state index contributed by atoms with van der Waals surface area (Å²) in [4.78, 5) is 16.4. The number of phenols is 1. The highest BCUT2D eigenvalue weighted by Crippen LogP contribution is 2.47. The van der Waals surface area contributed by atoms with E-state index in [2.05, 4.69) is 35.2 Å². The number of ether oxygens (including phenoxy) is 2. The maximum atomic E-state index is 12.3. The first-order valence-corrected chi connectivity index (χ1v) is 10.2. The van der Waals surface area contributed by atoms with Crippen LogP contribution in [-0.4, -0.2) is 66.9 Å². The molecular weight excluding hydrogens is 368 g/mol. The minimum absolute atomic E-state index is 0.0486. The molecule has 1 N–H and O–H groups in total. The zero-order chi connectivity index (χ0) is 20.1. The van der Waals surface area contributed by atoms with Crippen molar-refractivity contribution in [1.82, 2.24) is 9.80 Å². The Balaban J connectivity index is 1.11. The maximum absolute atomic E-state index is 12.3. The first-order chi connectivity index (χ1) is 14.2. The monoisotopic (exact) mass is 396 g/mol. The van der Waals surface area contributed by atoms with Gasteiger partial charge in [0.25, 0.3) is 5.91 Å². The van der Waals surface area contributed by atoms with Crippen LogP contribution in [0.5, 0.6) is 11.5 Å². The molecule has 154 valence electrons. The third-order valence-electron chi connectivity index (χ3n) is 5.70. The lowest BCUT2D eigenvalue weighted by molar-refractivity contribution is -0.136. The molecule has 6 nitrogen and oxygen atoms in total. The number of phenolic OH excluding ortho intramolecular Hbond substituents is 1. The summed E-state index contributed by atoms with van der Waals surface area (Å²) in [5.41, 5.74) is 1.42. The highest BCUT2D eigenvalue weighted by molar-refractivity contribution is 5.78. The molecule has 29 heavy (non-hydrogen) atoms. The molecule has 4 rings (SSSR count). The van der Waals surface area contributed by atoms with Crippen LogP contribution in [0.15, 0.2) is 54.6 Å². The number of carbonyl (C=O) groups is 1. The van der Waals surface area contributed by atoms with Gasteiger partial charge in [-0.2, -0.15) is 0 Å². The molecule has 2 fully saturated rings. The van der Waals surface area contributed by atoms with E-state index in [1.807, 2.05) is 4.90 Å². The molecular formula is C23H28N2O4. The van der Waals surface area contributed by atoms with Crippen molar-refractivity contribution in [2.75, 3.05) is 46.1 Å². The van der Waals surface area contributed by atoms with Gasteiger partial charge >= 0.3 is 0 Å². The fourth-order valence-electron chi connectivity index (χ4n) is 3.81. The van der Waals surface area contributed by atoms with Crippen molar-refractivity contribution in [2.45, 2.75) is 12.3 Å². The van der Waals surface area contributed by atoms with Crippen LogP contribution in [0.4, 0.5) is 0 Å². The van der Waals surface area contributed by atoms with Gasteiger partial charge in [0, 0.05) is 26.2 Å². The molecule has 2 aliphatic rings. The molecule has 1 aliphatic heterocycles. The summed E-state index contributed by atoms with van der Waals surface area (Å²) in [6, 6.07) is 17.3. The van der Waals surface area contributed by atoms with Crippen LogP contribution < -0.4 is 4.74 Å². The van der Waals surface area contributed by atoms with Gasteiger partial charge in [0.2, 0.25) is 0 Å². The van der Waals surface area contributed by atoms with Crippen LogP contribution in [0.2, 0.25) is 0 Å². The number of piperazine rings is 1. The lowest BCUT2D eigenvalue weighted by atomic mass is 10.1. The van der Waals surface area contributed by atoms with Gasteiger partial charge < -0.3 is 19.5 Å². The number of benzene rings is 2. The summed E-state index contributed by atoms with van der Waals surface area (Å²) < 4.78 is 11.4. The number of nitrogens with zero attached hydrogens (tertiary/aromatic N) is 2. The zero-order valence-corrected chi connectivity index (χ0v) is 16.6. The zero-order valence-electron chi connectivity index (χ0n) is 16.6. The second-order valence-electron chi connectivity index (χ2n) is 7.77. The van der Waals surface area contributed by atoms with E-state index in [9.17, 15) is 9.90 Å². The molecule has 0 bridgehead atoms. The molecule has 2 aromatic carbocycles. The Morgan fingerprint density at radius 1 is 1.00 bits per heavy atom. The van der Waals surface area contributed by atoms with Gasteiger partial charge in [0.05, 0.1) is 13.3 Å². The van der Waals surface area contributed by atoms with E-state index in [0.717, 1.165) is 19.7 Å². The summed E-state index contributed by atoms with van der Waals surface area (Å²) in [5.74, 6) is 1.60. The standard InChI is InChI=1S/C23H28N2O4/c26-21-8-4-5-9-22(21)29-16-23(27)25-12-10-24(11-13-25)17-28-15-19-14-20(19)18-6-2-1-3-7-18/h1-9,19-20,26H,10-17H2/t19-,20-/m0/s1. The Morgan fingerprint density at radius 3 is 2.48 bits per heavy atom. The van der Waals surface area contributed by atoms with Crippen LogP contribution in [0.25, 0.3) is 0 Å². The fourth-order valence-corrected chi connectivity index (χ4v) is 3.81. The number of hydrogen-bond donors (Lipinski definition) is 1. The predicted molar refractivity (Wildman–Crippen MR) is 110 cm³/mol.